The number of halogens is 1. The molecule has 4 N–H and O–H groups in total. The number of primary amides is 1. The van der Waals surface area contributed by atoms with E-state index in [1.807, 2.05) is 0 Å². The van der Waals surface area contributed by atoms with Crippen molar-refractivity contribution in [2.24, 2.45) is 5.73 Å². The first-order valence-electron chi connectivity index (χ1n) is 7.25. The van der Waals surface area contributed by atoms with Gasteiger partial charge in [0.2, 0.25) is 5.91 Å². The van der Waals surface area contributed by atoms with Gasteiger partial charge in [-0.1, -0.05) is 0 Å². The minimum Gasteiger partial charge on any atom is -0.477 e. The van der Waals surface area contributed by atoms with Crippen molar-refractivity contribution < 1.29 is 24.2 Å². The van der Waals surface area contributed by atoms with Crippen molar-refractivity contribution in [3.8, 4) is 0 Å². The molecule has 1 rings (SSSR count). The number of nitrogens with one attached hydrogen (secondary N) is 1. The molecule has 1 aromatic heterocycles. The fourth-order valence-electron chi connectivity index (χ4n) is 1.94. The summed E-state index contributed by atoms with van der Waals surface area (Å²) in [5.74, 6) is -2.06. The Morgan fingerprint density at radius 3 is 2.54 bits per heavy atom. The highest BCUT2D eigenvalue weighted by molar-refractivity contribution is 9.11. The van der Waals surface area contributed by atoms with Crippen LogP contribution in [0.3, 0.4) is 0 Å². The van der Waals surface area contributed by atoms with Crippen molar-refractivity contribution in [1.29, 1.82) is 0 Å². The van der Waals surface area contributed by atoms with E-state index in [2.05, 4.69) is 21.2 Å². The predicted molar refractivity (Wildman–Crippen MR) is 93.9 cm³/mol. The lowest BCUT2D eigenvalue weighted by atomic mass is 10.1. The second-order valence-electron chi connectivity index (χ2n) is 6.17. The van der Waals surface area contributed by atoms with Crippen molar-refractivity contribution in [3.63, 3.8) is 0 Å². The average molecular weight is 421 g/mol. The number of aromatic carboxylic acids is 1. The lowest BCUT2D eigenvalue weighted by Crippen LogP contribution is -2.41. The van der Waals surface area contributed by atoms with Crippen LogP contribution in [0.5, 0.6) is 0 Å². The summed E-state index contributed by atoms with van der Waals surface area (Å²) in [4.78, 5) is 34.6. The van der Waals surface area contributed by atoms with Gasteiger partial charge in [0.1, 0.15) is 10.5 Å². The van der Waals surface area contributed by atoms with Crippen molar-refractivity contribution >= 4 is 45.1 Å². The molecule has 0 saturated heterocycles. The molecule has 0 aliphatic rings. The molecule has 9 heteroatoms. The van der Waals surface area contributed by atoms with Crippen LogP contribution in [-0.4, -0.2) is 34.6 Å². The quantitative estimate of drug-likeness (QED) is 0.554. The van der Waals surface area contributed by atoms with Crippen LogP contribution in [0.2, 0.25) is 0 Å². The zero-order valence-electron chi connectivity index (χ0n) is 13.7. The standard InChI is InChI=1S/C15H21BrN2O5S/c1-15(2,3)23-11(19)5-4-9(13(17)20)18-7-8-6-10(16)24-12(8)14(21)22/h6,9,18H,4-5,7H2,1-3H3,(H2,17,20)(H,21,22). The van der Waals surface area contributed by atoms with Gasteiger partial charge in [0.05, 0.1) is 9.83 Å². The summed E-state index contributed by atoms with van der Waals surface area (Å²) in [5.41, 5.74) is 5.29. The van der Waals surface area contributed by atoms with Crippen LogP contribution in [0.4, 0.5) is 0 Å². The lowest BCUT2D eigenvalue weighted by molar-refractivity contribution is -0.155. The number of carboxylic acids is 1. The molecule has 1 atom stereocenters. The first-order chi connectivity index (χ1) is 11.0. The van der Waals surface area contributed by atoms with Crippen LogP contribution in [0.25, 0.3) is 0 Å². The summed E-state index contributed by atoms with van der Waals surface area (Å²) < 4.78 is 5.87. The maximum atomic E-state index is 11.7. The highest BCUT2D eigenvalue weighted by Crippen LogP contribution is 2.27. The van der Waals surface area contributed by atoms with E-state index in [1.165, 1.54) is 0 Å². The number of amides is 1. The van der Waals surface area contributed by atoms with E-state index in [-0.39, 0.29) is 24.3 Å². The third kappa shape index (κ3) is 6.98. The Morgan fingerprint density at radius 2 is 2.04 bits per heavy atom. The van der Waals surface area contributed by atoms with Gasteiger partial charge in [-0.25, -0.2) is 4.79 Å². The molecule has 0 spiro atoms. The van der Waals surface area contributed by atoms with E-state index in [4.69, 9.17) is 15.6 Å². The van der Waals surface area contributed by atoms with E-state index >= 15 is 0 Å². The first-order valence-corrected chi connectivity index (χ1v) is 8.86. The van der Waals surface area contributed by atoms with Gasteiger partial charge in [-0.2, -0.15) is 0 Å². The molecule has 1 heterocycles. The Kier molecular flexibility index (Phi) is 7.37. The minimum absolute atomic E-state index is 0.0387. The normalized spacial score (nSPS) is 12.7. The molecule has 1 aromatic rings. The van der Waals surface area contributed by atoms with Gasteiger partial charge in [0, 0.05) is 13.0 Å². The molecular formula is C15H21BrN2O5S. The van der Waals surface area contributed by atoms with Crippen LogP contribution >= 0.6 is 27.3 Å². The largest absolute Gasteiger partial charge is 0.477 e. The monoisotopic (exact) mass is 420 g/mol. The molecule has 0 radical (unpaired) electrons. The number of nitrogens with two attached hydrogens (primary N) is 1. The SMILES string of the molecule is CC(C)(C)OC(=O)CCC(NCc1cc(Br)sc1C(=O)O)C(N)=O. The number of esters is 1. The summed E-state index contributed by atoms with van der Waals surface area (Å²) in [5, 5.41) is 12.0. The first kappa shape index (κ1) is 20.6. The Bertz CT molecular complexity index is 624. The fourth-order valence-corrected chi connectivity index (χ4v) is 3.45. The topological polar surface area (TPSA) is 119 Å². The third-order valence-corrected chi connectivity index (χ3v) is 4.58. The Morgan fingerprint density at radius 1 is 1.42 bits per heavy atom. The highest BCUT2D eigenvalue weighted by atomic mass is 79.9. The Hall–Kier alpha value is -1.45. The van der Waals surface area contributed by atoms with E-state index in [0.29, 0.717) is 9.35 Å². The zero-order valence-corrected chi connectivity index (χ0v) is 16.1. The molecule has 0 aromatic carbocycles. The van der Waals surface area contributed by atoms with Gasteiger partial charge < -0.3 is 20.9 Å². The van der Waals surface area contributed by atoms with Crippen LogP contribution in [0.1, 0.15) is 48.8 Å². The molecule has 24 heavy (non-hydrogen) atoms. The molecule has 134 valence electrons. The molecule has 1 unspecified atom stereocenters. The summed E-state index contributed by atoms with van der Waals surface area (Å²) >= 11 is 4.33. The second kappa shape index (κ2) is 8.59. The van der Waals surface area contributed by atoms with Gasteiger partial charge in [0.25, 0.3) is 0 Å². The number of thiophene rings is 1. The van der Waals surface area contributed by atoms with Crippen LogP contribution in [0.15, 0.2) is 9.85 Å². The summed E-state index contributed by atoms with van der Waals surface area (Å²) in [6.07, 6.45) is 0.217. The van der Waals surface area contributed by atoms with E-state index < -0.39 is 29.5 Å². The second-order valence-corrected chi connectivity index (χ2v) is 8.60. The number of carbonyl (C=O) groups excluding carboxylic acids is 2. The zero-order chi connectivity index (χ0) is 18.5. The van der Waals surface area contributed by atoms with Gasteiger partial charge >= 0.3 is 11.9 Å². The Balaban J connectivity index is 2.63. The van der Waals surface area contributed by atoms with E-state index in [9.17, 15) is 14.4 Å². The number of carboxylic acid groups (broad SMARTS) is 1. The highest BCUT2D eigenvalue weighted by Gasteiger charge is 2.22. The van der Waals surface area contributed by atoms with Crippen molar-refractivity contribution in [2.45, 2.75) is 51.8 Å². The number of carbonyl (C=O) groups is 3. The third-order valence-electron chi connectivity index (χ3n) is 2.91. The van der Waals surface area contributed by atoms with Crippen molar-refractivity contribution in [1.82, 2.24) is 5.32 Å². The lowest BCUT2D eigenvalue weighted by Gasteiger charge is -2.20. The molecular weight excluding hydrogens is 400 g/mol. The molecule has 1 amide bonds. The Labute approximate surface area is 152 Å². The van der Waals surface area contributed by atoms with E-state index in [0.717, 1.165) is 11.3 Å². The van der Waals surface area contributed by atoms with Crippen LogP contribution < -0.4 is 11.1 Å². The molecule has 0 aliphatic heterocycles. The predicted octanol–water partition coefficient (Wildman–Crippen LogP) is 2.27. The molecule has 0 bridgehead atoms. The summed E-state index contributed by atoms with van der Waals surface area (Å²) in [6.45, 7) is 5.44. The van der Waals surface area contributed by atoms with E-state index in [1.54, 1.807) is 26.8 Å². The van der Waals surface area contributed by atoms with Gasteiger partial charge in [-0.3, -0.25) is 9.59 Å². The average Bonchev–Trinajstić information content (AvgIpc) is 2.77. The smallest absolute Gasteiger partial charge is 0.346 e. The number of ether oxygens (including phenoxy) is 1. The molecule has 0 saturated carbocycles. The summed E-state index contributed by atoms with van der Waals surface area (Å²) in [6, 6.07) is 0.922. The summed E-state index contributed by atoms with van der Waals surface area (Å²) in [7, 11) is 0. The molecule has 0 aliphatic carbocycles. The van der Waals surface area contributed by atoms with Gasteiger partial charge in [-0.05, 0) is 54.8 Å². The number of rotatable bonds is 8. The van der Waals surface area contributed by atoms with Crippen molar-refractivity contribution in [2.75, 3.05) is 0 Å². The van der Waals surface area contributed by atoms with Gasteiger partial charge in [-0.15, -0.1) is 11.3 Å². The fraction of sp³-hybridized carbons (Fsp3) is 0.533. The van der Waals surface area contributed by atoms with Gasteiger partial charge in [0.15, 0.2) is 0 Å². The maximum Gasteiger partial charge on any atom is 0.346 e. The number of hydrogen-bond acceptors (Lipinski definition) is 6. The maximum absolute atomic E-state index is 11.7. The van der Waals surface area contributed by atoms with Crippen molar-refractivity contribution in [3.05, 3.63) is 20.3 Å². The minimum atomic E-state index is -1.04. The van der Waals surface area contributed by atoms with Crippen LogP contribution in [-0.2, 0) is 20.9 Å². The molecule has 0 fully saturated rings. The van der Waals surface area contributed by atoms with Crippen LogP contribution in [0, 0.1) is 0 Å². The number of hydrogen-bond donors (Lipinski definition) is 3. The molecule has 7 nitrogen and oxygen atoms in total.